The fourth-order valence-corrected chi connectivity index (χ4v) is 2.92. The Kier molecular flexibility index (Phi) is 6.21. The van der Waals surface area contributed by atoms with Crippen LogP contribution in [0.1, 0.15) is 12.0 Å². The van der Waals surface area contributed by atoms with Crippen molar-refractivity contribution in [1.29, 1.82) is 0 Å². The number of nitrogens with one attached hydrogen (secondary N) is 1. The van der Waals surface area contributed by atoms with Gasteiger partial charge in [-0.25, -0.2) is 0 Å². The van der Waals surface area contributed by atoms with Gasteiger partial charge in [-0.2, -0.15) is 0 Å². The van der Waals surface area contributed by atoms with Crippen molar-refractivity contribution in [3.63, 3.8) is 0 Å². The Morgan fingerprint density at radius 3 is 2.50 bits per heavy atom. The second kappa shape index (κ2) is 8.98. The first-order chi connectivity index (χ1) is 13.5. The molecule has 1 saturated heterocycles. The van der Waals surface area contributed by atoms with Crippen LogP contribution in [0, 0.1) is 16.0 Å². The Labute approximate surface area is 162 Å². The number of ether oxygens (including phenoxy) is 1. The Hall–Kier alpha value is -3.42. The lowest BCUT2D eigenvalue weighted by molar-refractivity contribution is -0.384. The Morgan fingerprint density at radius 2 is 1.79 bits per heavy atom. The molecule has 3 rings (SSSR count). The van der Waals surface area contributed by atoms with Gasteiger partial charge < -0.3 is 15.0 Å². The molecular formula is C20H21N3O5. The zero-order chi connectivity index (χ0) is 19.9. The summed E-state index contributed by atoms with van der Waals surface area (Å²) in [5.41, 5.74) is 1.27. The molecule has 0 saturated carbocycles. The summed E-state index contributed by atoms with van der Waals surface area (Å²) >= 11 is 0. The number of carbonyl (C=O) groups is 2. The molecule has 1 N–H and O–H groups in total. The van der Waals surface area contributed by atoms with Gasteiger partial charge in [0.25, 0.3) is 5.69 Å². The largest absolute Gasteiger partial charge is 0.460 e. The average molecular weight is 383 g/mol. The molecule has 28 heavy (non-hydrogen) atoms. The normalized spacial score (nSPS) is 13.5. The molecule has 146 valence electrons. The van der Waals surface area contributed by atoms with Crippen LogP contribution in [-0.4, -0.2) is 41.3 Å². The summed E-state index contributed by atoms with van der Waals surface area (Å²) in [6.07, 6.45) is 0.192. The maximum atomic E-state index is 12.2. The van der Waals surface area contributed by atoms with E-state index >= 15 is 0 Å². The van der Waals surface area contributed by atoms with Crippen LogP contribution in [0.15, 0.2) is 54.6 Å². The Morgan fingerprint density at radius 1 is 1.11 bits per heavy atom. The number of carbonyl (C=O) groups excluding carboxylic acids is 2. The standard InChI is InChI=1S/C20H21N3O5/c24-19(10-11-21-17-8-4-5-9-18(17)23(26)27)22-12-16(13-22)20(25)28-14-15-6-2-1-3-7-15/h1-9,16,21H,10-14H2. The third-order valence-corrected chi connectivity index (χ3v) is 4.55. The van der Waals surface area contributed by atoms with E-state index < -0.39 is 4.92 Å². The van der Waals surface area contributed by atoms with Gasteiger partial charge in [0.15, 0.2) is 0 Å². The van der Waals surface area contributed by atoms with Crippen LogP contribution in [-0.2, 0) is 20.9 Å². The number of likely N-dealkylation sites (tertiary alicyclic amines) is 1. The van der Waals surface area contributed by atoms with Crippen LogP contribution in [0.5, 0.6) is 0 Å². The van der Waals surface area contributed by atoms with Crippen LogP contribution in [0.2, 0.25) is 0 Å². The van der Waals surface area contributed by atoms with E-state index in [1.165, 1.54) is 6.07 Å². The molecule has 0 aliphatic carbocycles. The molecule has 1 amide bonds. The van der Waals surface area contributed by atoms with E-state index in [0.717, 1.165) is 5.56 Å². The van der Waals surface area contributed by atoms with E-state index in [4.69, 9.17) is 4.74 Å². The molecule has 0 atom stereocenters. The maximum Gasteiger partial charge on any atom is 0.312 e. The lowest BCUT2D eigenvalue weighted by Gasteiger charge is -2.37. The lowest BCUT2D eigenvalue weighted by atomic mass is 10.00. The molecule has 0 aromatic heterocycles. The number of nitro benzene ring substituents is 1. The zero-order valence-electron chi connectivity index (χ0n) is 15.2. The smallest absolute Gasteiger partial charge is 0.312 e. The van der Waals surface area contributed by atoms with Crippen molar-refractivity contribution in [3.05, 3.63) is 70.3 Å². The van der Waals surface area contributed by atoms with Gasteiger partial charge in [0.05, 0.1) is 10.8 Å². The van der Waals surface area contributed by atoms with Gasteiger partial charge in [0.1, 0.15) is 12.3 Å². The maximum absolute atomic E-state index is 12.2. The molecule has 1 aliphatic rings. The number of nitrogens with zero attached hydrogens (tertiary/aromatic N) is 2. The summed E-state index contributed by atoms with van der Waals surface area (Å²) < 4.78 is 5.28. The van der Waals surface area contributed by atoms with E-state index in [9.17, 15) is 19.7 Å². The van der Waals surface area contributed by atoms with Crippen molar-refractivity contribution in [2.24, 2.45) is 5.92 Å². The summed E-state index contributed by atoms with van der Waals surface area (Å²) in [5.74, 6) is -0.694. The topological polar surface area (TPSA) is 102 Å². The monoisotopic (exact) mass is 383 g/mol. The van der Waals surface area contributed by atoms with Gasteiger partial charge in [0, 0.05) is 32.1 Å². The fraction of sp³-hybridized carbons (Fsp3) is 0.300. The van der Waals surface area contributed by atoms with Crippen molar-refractivity contribution in [3.8, 4) is 0 Å². The average Bonchev–Trinajstić information content (AvgIpc) is 2.66. The minimum absolute atomic E-state index is 0.0277. The number of nitro groups is 1. The quantitative estimate of drug-likeness (QED) is 0.427. The summed E-state index contributed by atoms with van der Waals surface area (Å²) in [4.78, 5) is 36.3. The number of amides is 1. The second-order valence-electron chi connectivity index (χ2n) is 6.54. The Bertz CT molecular complexity index is 850. The van der Waals surface area contributed by atoms with E-state index in [-0.39, 0.29) is 43.1 Å². The van der Waals surface area contributed by atoms with Crippen LogP contribution in [0.3, 0.4) is 0 Å². The molecule has 0 bridgehead atoms. The highest BCUT2D eigenvalue weighted by atomic mass is 16.6. The highest BCUT2D eigenvalue weighted by Gasteiger charge is 2.36. The van der Waals surface area contributed by atoms with E-state index in [1.807, 2.05) is 30.3 Å². The third-order valence-electron chi connectivity index (χ3n) is 4.55. The molecule has 2 aromatic carbocycles. The molecule has 0 radical (unpaired) electrons. The fourth-order valence-electron chi connectivity index (χ4n) is 2.92. The van der Waals surface area contributed by atoms with Crippen molar-refractivity contribution in [1.82, 2.24) is 4.90 Å². The minimum Gasteiger partial charge on any atom is -0.460 e. The first-order valence-corrected chi connectivity index (χ1v) is 9.00. The van der Waals surface area contributed by atoms with Gasteiger partial charge in [-0.15, -0.1) is 0 Å². The second-order valence-corrected chi connectivity index (χ2v) is 6.54. The predicted octanol–water partition coefficient (Wildman–Crippen LogP) is 2.60. The van der Waals surface area contributed by atoms with Crippen molar-refractivity contribution in [2.45, 2.75) is 13.0 Å². The summed E-state index contributed by atoms with van der Waals surface area (Å²) in [6.45, 7) is 1.20. The summed E-state index contributed by atoms with van der Waals surface area (Å²) in [7, 11) is 0. The van der Waals surface area contributed by atoms with E-state index in [2.05, 4.69) is 5.32 Å². The molecule has 2 aromatic rings. The lowest BCUT2D eigenvalue weighted by Crippen LogP contribution is -2.53. The van der Waals surface area contributed by atoms with Gasteiger partial charge in [-0.3, -0.25) is 19.7 Å². The number of para-hydroxylation sites is 2. The van der Waals surface area contributed by atoms with Gasteiger partial charge in [0.2, 0.25) is 5.91 Å². The molecule has 1 fully saturated rings. The van der Waals surface area contributed by atoms with Crippen LogP contribution < -0.4 is 5.32 Å². The highest BCUT2D eigenvalue weighted by Crippen LogP contribution is 2.23. The van der Waals surface area contributed by atoms with E-state index in [1.54, 1.807) is 23.1 Å². The minimum atomic E-state index is -0.467. The van der Waals surface area contributed by atoms with Crippen LogP contribution in [0.4, 0.5) is 11.4 Å². The summed E-state index contributed by atoms with van der Waals surface area (Å²) in [6, 6.07) is 15.7. The third kappa shape index (κ3) is 4.85. The molecule has 8 nitrogen and oxygen atoms in total. The molecule has 1 heterocycles. The predicted molar refractivity (Wildman–Crippen MR) is 103 cm³/mol. The number of benzene rings is 2. The van der Waals surface area contributed by atoms with Gasteiger partial charge in [-0.05, 0) is 11.6 Å². The molecule has 0 unspecified atom stereocenters. The van der Waals surface area contributed by atoms with Crippen LogP contribution in [0.25, 0.3) is 0 Å². The molecule has 0 spiro atoms. The highest BCUT2D eigenvalue weighted by molar-refractivity contribution is 5.82. The molecular weight excluding hydrogens is 362 g/mol. The number of hydrogen-bond acceptors (Lipinski definition) is 6. The first kappa shape index (κ1) is 19.3. The zero-order valence-corrected chi connectivity index (χ0v) is 15.2. The number of rotatable bonds is 8. The van der Waals surface area contributed by atoms with Crippen molar-refractivity contribution < 1.29 is 19.2 Å². The van der Waals surface area contributed by atoms with Gasteiger partial charge >= 0.3 is 5.97 Å². The van der Waals surface area contributed by atoms with Crippen molar-refractivity contribution >= 4 is 23.3 Å². The summed E-state index contributed by atoms with van der Waals surface area (Å²) in [5, 5.41) is 13.9. The van der Waals surface area contributed by atoms with E-state index in [0.29, 0.717) is 18.8 Å². The molecule has 8 heteroatoms. The number of hydrogen-bond donors (Lipinski definition) is 1. The van der Waals surface area contributed by atoms with Crippen LogP contribution >= 0.6 is 0 Å². The first-order valence-electron chi connectivity index (χ1n) is 9.00. The Balaban J connectivity index is 1.37. The van der Waals surface area contributed by atoms with Crippen molar-refractivity contribution in [2.75, 3.05) is 25.0 Å². The molecule has 1 aliphatic heterocycles. The van der Waals surface area contributed by atoms with Gasteiger partial charge in [-0.1, -0.05) is 42.5 Å². The number of esters is 1. The number of anilines is 1. The SMILES string of the molecule is O=C(OCc1ccccc1)C1CN(C(=O)CCNc2ccccc2[N+](=O)[O-])C1.